The van der Waals surface area contributed by atoms with Crippen LogP contribution in [-0.2, 0) is 4.74 Å². The van der Waals surface area contributed by atoms with Gasteiger partial charge in [-0.2, -0.15) is 0 Å². The van der Waals surface area contributed by atoms with E-state index < -0.39 is 5.60 Å². The Bertz CT molecular complexity index is 785. The van der Waals surface area contributed by atoms with Crippen LogP contribution in [0.25, 0.3) is 10.9 Å². The van der Waals surface area contributed by atoms with E-state index in [1.807, 2.05) is 45.2 Å². The lowest BCUT2D eigenvalue weighted by Crippen LogP contribution is -2.35. The summed E-state index contributed by atoms with van der Waals surface area (Å²) in [6.07, 6.45) is 2.51. The van der Waals surface area contributed by atoms with E-state index in [1.54, 1.807) is 11.8 Å². The number of likely N-dealkylation sites (tertiary alicyclic amines) is 1. The van der Waals surface area contributed by atoms with E-state index in [0.717, 1.165) is 17.3 Å². The minimum Gasteiger partial charge on any atom is -0.444 e. The number of carbonyl (C=O) groups excluding carboxylic acids is 2. The molecule has 2 aromatic rings. The summed E-state index contributed by atoms with van der Waals surface area (Å²) in [7, 11) is 0. The van der Waals surface area contributed by atoms with Gasteiger partial charge in [-0.3, -0.25) is 4.79 Å². The molecule has 1 fully saturated rings. The number of amides is 1. The summed E-state index contributed by atoms with van der Waals surface area (Å²) in [5.74, 6) is 0.313. The molecule has 1 atom stereocenters. The smallest absolute Gasteiger partial charge is 0.410 e. The van der Waals surface area contributed by atoms with Crippen LogP contribution < -0.4 is 0 Å². The fourth-order valence-electron chi connectivity index (χ4n) is 3.33. The second-order valence-corrected chi connectivity index (χ2v) is 7.44. The van der Waals surface area contributed by atoms with Crippen molar-refractivity contribution in [2.75, 3.05) is 13.1 Å². The van der Waals surface area contributed by atoms with Gasteiger partial charge in [0.05, 0.1) is 5.52 Å². The molecule has 0 saturated carbocycles. The molecule has 0 bridgehead atoms. The summed E-state index contributed by atoms with van der Waals surface area (Å²) in [5.41, 5.74) is 2.30. The number of aromatic amines is 1. The Morgan fingerprint density at radius 3 is 2.67 bits per heavy atom. The number of Topliss-reactive ketones (excluding diaryl/α,β-unsaturated/α-hetero) is 1. The second kappa shape index (κ2) is 5.96. The third kappa shape index (κ3) is 3.16. The first-order chi connectivity index (χ1) is 11.3. The highest BCUT2D eigenvalue weighted by molar-refractivity contribution is 6.06. The predicted molar refractivity (Wildman–Crippen MR) is 93.5 cm³/mol. The predicted octanol–water partition coefficient (Wildman–Crippen LogP) is 4.09. The van der Waals surface area contributed by atoms with Crippen molar-refractivity contribution in [1.29, 1.82) is 0 Å². The van der Waals surface area contributed by atoms with Crippen LogP contribution in [0.3, 0.4) is 0 Å². The summed E-state index contributed by atoms with van der Waals surface area (Å²) in [4.78, 5) is 29.0. The number of ether oxygens (including phenoxy) is 1. The van der Waals surface area contributed by atoms with Crippen molar-refractivity contribution in [3.63, 3.8) is 0 Å². The zero-order valence-corrected chi connectivity index (χ0v) is 14.7. The van der Waals surface area contributed by atoms with Crippen LogP contribution in [-0.4, -0.2) is 40.5 Å². The van der Waals surface area contributed by atoms with Crippen LogP contribution in [0.15, 0.2) is 24.4 Å². The lowest BCUT2D eigenvalue weighted by Gasteiger charge is -2.24. The maximum absolute atomic E-state index is 12.2. The van der Waals surface area contributed by atoms with E-state index in [1.165, 1.54) is 5.56 Å². The third-order valence-corrected chi connectivity index (χ3v) is 4.42. The molecule has 1 aromatic heterocycles. The maximum Gasteiger partial charge on any atom is 0.410 e. The van der Waals surface area contributed by atoms with Crippen LogP contribution >= 0.6 is 0 Å². The highest BCUT2D eigenvalue weighted by atomic mass is 16.6. The lowest BCUT2D eigenvalue weighted by atomic mass is 9.93. The van der Waals surface area contributed by atoms with Gasteiger partial charge in [0.2, 0.25) is 0 Å². The van der Waals surface area contributed by atoms with Crippen molar-refractivity contribution in [1.82, 2.24) is 9.88 Å². The Hall–Kier alpha value is -2.30. The van der Waals surface area contributed by atoms with Crippen LogP contribution in [0, 0.1) is 0 Å². The molecule has 2 heterocycles. The van der Waals surface area contributed by atoms with Gasteiger partial charge < -0.3 is 14.6 Å². The van der Waals surface area contributed by atoms with Crippen molar-refractivity contribution < 1.29 is 14.3 Å². The minimum atomic E-state index is -0.480. The molecular formula is C19H24N2O3. The Morgan fingerprint density at radius 1 is 1.25 bits per heavy atom. The number of carbonyl (C=O) groups is 2. The van der Waals surface area contributed by atoms with E-state index in [9.17, 15) is 9.59 Å². The summed E-state index contributed by atoms with van der Waals surface area (Å²) in [6, 6.07) is 5.91. The molecule has 5 heteroatoms. The number of H-pyrrole nitrogens is 1. The lowest BCUT2D eigenvalue weighted by molar-refractivity contribution is 0.0292. The molecule has 128 valence electrons. The molecule has 0 radical (unpaired) electrons. The number of benzene rings is 1. The highest BCUT2D eigenvalue weighted by Gasteiger charge is 2.31. The number of nitrogens with one attached hydrogen (secondary N) is 1. The molecule has 1 aliphatic rings. The van der Waals surface area contributed by atoms with Crippen LogP contribution in [0.2, 0.25) is 0 Å². The molecule has 3 rings (SSSR count). The fourth-order valence-corrected chi connectivity index (χ4v) is 3.33. The highest BCUT2D eigenvalue weighted by Crippen LogP contribution is 2.34. The minimum absolute atomic E-state index is 0.0517. The van der Waals surface area contributed by atoms with Crippen molar-refractivity contribution >= 4 is 22.8 Å². The topological polar surface area (TPSA) is 62.4 Å². The average molecular weight is 328 g/mol. The standard InChI is InChI=1S/C19H24N2O3/c1-12(22)14-5-6-15(16-7-9-20-17(14)16)13-8-10-21(11-13)18(23)24-19(2,3)4/h5-7,9,13,20H,8,10-11H2,1-4H3. The Labute approximate surface area is 142 Å². The molecule has 1 N–H and O–H groups in total. The first-order valence-electron chi connectivity index (χ1n) is 8.35. The molecular weight excluding hydrogens is 304 g/mol. The molecule has 1 aromatic carbocycles. The fraction of sp³-hybridized carbons (Fsp3) is 0.474. The molecule has 1 amide bonds. The zero-order valence-electron chi connectivity index (χ0n) is 14.7. The monoisotopic (exact) mass is 328 g/mol. The van der Waals surface area contributed by atoms with Gasteiger partial charge in [0.1, 0.15) is 5.60 Å². The van der Waals surface area contributed by atoms with Gasteiger partial charge in [-0.15, -0.1) is 0 Å². The SMILES string of the molecule is CC(=O)c1ccc(C2CCN(C(=O)OC(C)(C)C)C2)c2cc[nH]c12. The van der Waals surface area contributed by atoms with Crippen molar-refractivity contribution in [3.05, 3.63) is 35.5 Å². The van der Waals surface area contributed by atoms with Crippen molar-refractivity contribution in [2.45, 2.75) is 45.6 Å². The number of hydrogen-bond donors (Lipinski definition) is 1. The van der Waals surface area contributed by atoms with E-state index in [0.29, 0.717) is 18.7 Å². The van der Waals surface area contributed by atoms with Crippen LogP contribution in [0.5, 0.6) is 0 Å². The Kier molecular flexibility index (Phi) is 4.11. The Balaban J connectivity index is 1.83. The third-order valence-electron chi connectivity index (χ3n) is 4.42. The van der Waals surface area contributed by atoms with Gasteiger partial charge >= 0.3 is 6.09 Å². The average Bonchev–Trinajstić information content (AvgIpc) is 3.13. The number of hydrogen-bond acceptors (Lipinski definition) is 3. The van der Waals surface area contributed by atoms with Gasteiger partial charge in [-0.05, 0) is 51.8 Å². The molecule has 0 aliphatic carbocycles. The zero-order chi connectivity index (χ0) is 17.5. The van der Waals surface area contributed by atoms with Crippen LogP contribution in [0.1, 0.15) is 56.0 Å². The molecule has 5 nitrogen and oxygen atoms in total. The molecule has 0 spiro atoms. The number of aromatic nitrogens is 1. The first kappa shape index (κ1) is 16.6. The van der Waals surface area contributed by atoms with Crippen LogP contribution in [0.4, 0.5) is 4.79 Å². The molecule has 24 heavy (non-hydrogen) atoms. The number of fused-ring (bicyclic) bond motifs is 1. The van der Waals surface area contributed by atoms with E-state index in [4.69, 9.17) is 4.74 Å². The quantitative estimate of drug-likeness (QED) is 0.844. The summed E-state index contributed by atoms with van der Waals surface area (Å²) in [5, 5.41) is 1.07. The van der Waals surface area contributed by atoms with Gasteiger partial charge in [-0.25, -0.2) is 4.79 Å². The molecule has 1 unspecified atom stereocenters. The summed E-state index contributed by atoms with van der Waals surface area (Å²) < 4.78 is 5.47. The van der Waals surface area contributed by atoms with Crippen molar-refractivity contribution in [3.8, 4) is 0 Å². The van der Waals surface area contributed by atoms with Gasteiger partial charge in [0, 0.05) is 36.2 Å². The maximum atomic E-state index is 12.2. The number of ketones is 1. The summed E-state index contributed by atoms with van der Waals surface area (Å²) in [6.45, 7) is 8.55. The molecule has 1 aliphatic heterocycles. The van der Waals surface area contributed by atoms with Gasteiger partial charge in [0.25, 0.3) is 0 Å². The first-order valence-corrected chi connectivity index (χ1v) is 8.35. The number of nitrogens with zero attached hydrogens (tertiary/aromatic N) is 1. The van der Waals surface area contributed by atoms with Gasteiger partial charge in [0.15, 0.2) is 5.78 Å². The second-order valence-electron chi connectivity index (χ2n) is 7.44. The van der Waals surface area contributed by atoms with E-state index >= 15 is 0 Å². The normalized spacial score (nSPS) is 18.2. The largest absolute Gasteiger partial charge is 0.444 e. The molecule has 1 saturated heterocycles. The van der Waals surface area contributed by atoms with Crippen molar-refractivity contribution in [2.24, 2.45) is 0 Å². The van der Waals surface area contributed by atoms with E-state index in [2.05, 4.69) is 4.98 Å². The van der Waals surface area contributed by atoms with Gasteiger partial charge in [-0.1, -0.05) is 6.07 Å². The summed E-state index contributed by atoms with van der Waals surface area (Å²) >= 11 is 0. The Morgan fingerprint density at radius 2 is 2.00 bits per heavy atom. The van der Waals surface area contributed by atoms with E-state index in [-0.39, 0.29) is 17.8 Å². The number of rotatable bonds is 2.